The standard InChI is InChI=1S/C11H9N3S/c12-7-9-3-1-2-4-10(9)8-14-5-6-15-11(14)13/h1-6,13H,8H2. The van der Waals surface area contributed by atoms with Crippen LogP contribution in [0.4, 0.5) is 0 Å². The van der Waals surface area contributed by atoms with Gasteiger partial charge in [0, 0.05) is 11.6 Å². The van der Waals surface area contributed by atoms with Crippen molar-refractivity contribution in [2.24, 2.45) is 0 Å². The van der Waals surface area contributed by atoms with Crippen LogP contribution in [0, 0.1) is 16.7 Å². The Morgan fingerprint density at radius 2 is 2.20 bits per heavy atom. The van der Waals surface area contributed by atoms with E-state index in [0.29, 0.717) is 16.9 Å². The van der Waals surface area contributed by atoms with Gasteiger partial charge in [-0.1, -0.05) is 18.2 Å². The van der Waals surface area contributed by atoms with Gasteiger partial charge in [-0.15, -0.1) is 11.3 Å². The maximum atomic E-state index is 8.91. The van der Waals surface area contributed by atoms with E-state index in [-0.39, 0.29) is 0 Å². The fourth-order valence-electron chi connectivity index (χ4n) is 1.38. The zero-order valence-electron chi connectivity index (χ0n) is 7.97. The van der Waals surface area contributed by atoms with Crippen molar-refractivity contribution < 1.29 is 0 Å². The van der Waals surface area contributed by atoms with Crippen LogP contribution in [0.2, 0.25) is 0 Å². The highest BCUT2D eigenvalue weighted by molar-refractivity contribution is 7.06. The van der Waals surface area contributed by atoms with E-state index in [1.807, 2.05) is 34.3 Å². The fourth-order valence-corrected chi connectivity index (χ4v) is 1.98. The summed E-state index contributed by atoms with van der Waals surface area (Å²) in [4.78, 5) is 0.503. The Labute approximate surface area is 91.4 Å². The summed E-state index contributed by atoms with van der Waals surface area (Å²) >= 11 is 1.38. The summed E-state index contributed by atoms with van der Waals surface area (Å²) < 4.78 is 1.82. The molecule has 74 valence electrons. The van der Waals surface area contributed by atoms with E-state index < -0.39 is 0 Å². The second-order valence-electron chi connectivity index (χ2n) is 3.11. The molecule has 0 atom stereocenters. The summed E-state index contributed by atoms with van der Waals surface area (Å²) in [6.07, 6.45) is 1.86. The van der Waals surface area contributed by atoms with Gasteiger partial charge in [-0.2, -0.15) is 5.26 Å². The highest BCUT2D eigenvalue weighted by atomic mass is 32.1. The number of benzene rings is 1. The molecule has 0 saturated heterocycles. The summed E-state index contributed by atoms with van der Waals surface area (Å²) in [5.41, 5.74) is 1.63. The average Bonchev–Trinajstić information content (AvgIpc) is 2.65. The van der Waals surface area contributed by atoms with E-state index in [4.69, 9.17) is 10.7 Å². The molecule has 15 heavy (non-hydrogen) atoms. The summed E-state index contributed by atoms with van der Waals surface area (Å²) in [6.45, 7) is 0.589. The number of nitriles is 1. The Balaban J connectivity index is 2.37. The molecule has 0 aliphatic heterocycles. The summed E-state index contributed by atoms with van der Waals surface area (Å²) in [5.74, 6) is 0. The van der Waals surface area contributed by atoms with Gasteiger partial charge in [0.1, 0.15) is 0 Å². The summed E-state index contributed by atoms with van der Waals surface area (Å²) in [5, 5.41) is 18.4. The van der Waals surface area contributed by atoms with E-state index in [0.717, 1.165) is 5.56 Å². The first kappa shape index (κ1) is 9.69. The highest BCUT2D eigenvalue weighted by Crippen LogP contribution is 2.08. The number of aromatic nitrogens is 1. The quantitative estimate of drug-likeness (QED) is 0.817. The summed E-state index contributed by atoms with van der Waals surface area (Å²) in [6, 6.07) is 9.63. The van der Waals surface area contributed by atoms with E-state index in [2.05, 4.69) is 6.07 Å². The minimum Gasteiger partial charge on any atom is -0.320 e. The number of rotatable bonds is 2. The first-order valence-electron chi connectivity index (χ1n) is 4.48. The topological polar surface area (TPSA) is 52.6 Å². The van der Waals surface area contributed by atoms with Gasteiger partial charge in [0.2, 0.25) is 0 Å². The third-order valence-electron chi connectivity index (χ3n) is 2.16. The molecular formula is C11H9N3S. The van der Waals surface area contributed by atoms with Crippen LogP contribution in [0.1, 0.15) is 11.1 Å². The van der Waals surface area contributed by atoms with Gasteiger partial charge in [-0.3, -0.25) is 5.41 Å². The van der Waals surface area contributed by atoms with Crippen molar-refractivity contribution in [2.45, 2.75) is 6.54 Å². The Kier molecular flexibility index (Phi) is 2.66. The van der Waals surface area contributed by atoms with Gasteiger partial charge < -0.3 is 4.57 Å². The number of hydrogen-bond donors (Lipinski definition) is 1. The molecular weight excluding hydrogens is 206 g/mol. The van der Waals surface area contributed by atoms with Crippen LogP contribution in [-0.4, -0.2) is 4.57 Å². The van der Waals surface area contributed by atoms with Gasteiger partial charge in [-0.05, 0) is 11.6 Å². The lowest BCUT2D eigenvalue weighted by Gasteiger charge is -2.04. The molecule has 0 spiro atoms. The molecule has 0 fully saturated rings. The number of nitrogens with one attached hydrogen (secondary N) is 1. The van der Waals surface area contributed by atoms with Crippen molar-refractivity contribution in [3.8, 4) is 6.07 Å². The van der Waals surface area contributed by atoms with E-state index in [1.54, 1.807) is 6.07 Å². The van der Waals surface area contributed by atoms with Gasteiger partial charge in [0.05, 0.1) is 18.2 Å². The number of hydrogen-bond acceptors (Lipinski definition) is 3. The molecule has 3 nitrogen and oxygen atoms in total. The number of thiazole rings is 1. The normalized spacial score (nSPS) is 9.80. The van der Waals surface area contributed by atoms with Crippen LogP contribution < -0.4 is 4.80 Å². The minimum absolute atomic E-state index is 0.503. The van der Waals surface area contributed by atoms with Crippen molar-refractivity contribution in [3.63, 3.8) is 0 Å². The SMILES string of the molecule is N#Cc1ccccc1Cn1ccsc1=N. The van der Waals surface area contributed by atoms with Gasteiger partial charge in [0.25, 0.3) is 0 Å². The van der Waals surface area contributed by atoms with Crippen molar-refractivity contribution >= 4 is 11.3 Å². The first-order chi connectivity index (χ1) is 7.31. The lowest BCUT2D eigenvalue weighted by molar-refractivity contribution is 0.758. The Bertz CT molecular complexity index is 559. The Morgan fingerprint density at radius 1 is 1.40 bits per heavy atom. The molecule has 2 rings (SSSR count). The maximum absolute atomic E-state index is 8.91. The van der Waals surface area contributed by atoms with Crippen LogP contribution in [0.5, 0.6) is 0 Å². The number of nitrogens with zero attached hydrogens (tertiary/aromatic N) is 2. The van der Waals surface area contributed by atoms with Crippen molar-refractivity contribution in [1.29, 1.82) is 10.7 Å². The van der Waals surface area contributed by atoms with Crippen LogP contribution in [0.3, 0.4) is 0 Å². The minimum atomic E-state index is 0.503. The zero-order valence-corrected chi connectivity index (χ0v) is 8.79. The highest BCUT2D eigenvalue weighted by Gasteiger charge is 2.01. The first-order valence-corrected chi connectivity index (χ1v) is 5.36. The monoisotopic (exact) mass is 215 g/mol. The predicted molar refractivity (Wildman–Crippen MR) is 58.4 cm³/mol. The third kappa shape index (κ3) is 1.97. The second kappa shape index (κ2) is 4.11. The molecule has 2 aromatic rings. The van der Waals surface area contributed by atoms with E-state index in [1.165, 1.54) is 11.3 Å². The smallest absolute Gasteiger partial charge is 0.182 e. The van der Waals surface area contributed by atoms with Crippen molar-refractivity contribution in [3.05, 3.63) is 51.8 Å². The molecule has 1 heterocycles. The molecule has 0 saturated carbocycles. The van der Waals surface area contributed by atoms with Crippen LogP contribution in [0.25, 0.3) is 0 Å². The fraction of sp³-hybridized carbons (Fsp3) is 0.0909. The van der Waals surface area contributed by atoms with Gasteiger partial charge in [-0.25, -0.2) is 0 Å². The van der Waals surface area contributed by atoms with Crippen LogP contribution in [-0.2, 0) is 6.54 Å². The molecule has 0 bridgehead atoms. The van der Waals surface area contributed by atoms with Crippen LogP contribution in [0.15, 0.2) is 35.8 Å². The van der Waals surface area contributed by atoms with Gasteiger partial charge >= 0.3 is 0 Å². The van der Waals surface area contributed by atoms with Crippen LogP contribution >= 0.6 is 11.3 Å². The van der Waals surface area contributed by atoms with Gasteiger partial charge in [0.15, 0.2) is 4.80 Å². The molecule has 1 N–H and O–H groups in total. The second-order valence-corrected chi connectivity index (χ2v) is 4.00. The molecule has 0 amide bonds. The molecule has 0 radical (unpaired) electrons. The van der Waals surface area contributed by atoms with Crippen molar-refractivity contribution in [2.75, 3.05) is 0 Å². The lowest BCUT2D eigenvalue weighted by Crippen LogP contribution is -2.13. The molecule has 0 aliphatic rings. The average molecular weight is 215 g/mol. The lowest BCUT2D eigenvalue weighted by atomic mass is 10.1. The third-order valence-corrected chi connectivity index (χ3v) is 2.88. The molecule has 4 heteroatoms. The van der Waals surface area contributed by atoms with E-state index in [9.17, 15) is 0 Å². The molecule has 1 aromatic heterocycles. The van der Waals surface area contributed by atoms with Crippen molar-refractivity contribution in [1.82, 2.24) is 4.57 Å². The largest absolute Gasteiger partial charge is 0.320 e. The Hall–Kier alpha value is -1.86. The maximum Gasteiger partial charge on any atom is 0.182 e. The molecule has 1 aromatic carbocycles. The molecule has 0 aliphatic carbocycles. The molecule has 0 unspecified atom stereocenters. The van der Waals surface area contributed by atoms with E-state index >= 15 is 0 Å². The predicted octanol–water partition coefficient (Wildman–Crippen LogP) is 1.95. The zero-order chi connectivity index (χ0) is 10.7. The summed E-state index contributed by atoms with van der Waals surface area (Å²) in [7, 11) is 0. The Morgan fingerprint density at radius 3 is 2.87 bits per heavy atom.